The Balaban J connectivity index is 1.96. The number of aromatic nitrogens is 1. The zero-order valence-corrected chi connectivity index (χ0v) is 12.7. The predicted molar refractivity (Wildman–Crippen MR) is 84.5 cm³/mol. The van der Waals surface area contributed by atoms with Crippen LogP contribution in [0.3, 0.4) is 0 Å². The molecule has 0 aromatic carbocycles. The van der Waals surface area contributed by atoms with E-state index in [0.717, 1.165) is 24.2 Å². The molecule has 2 heterocycles. The standard InChI is InChI=1S/C15H21ClN4O/c16-14-8-12-13(9-17-14)19-15(20-21)10-6-4-2-1-3-5-7-11(10)18-12/h8-11,18,21H,1-7H2,(H,19,20). The fourth-order valence-electron chi connectivity index (χ4n) is 3.31. The van der Waals surface area contributed by atoms with E-state index in [0.29, 0.717) is 11.0 Å². The fraction of sp³-hybridized carbons (Fsp3) is 0.600. The van der Waals surface area contributed by atoms with Crippen LogP contribution in [-0.2, 0) is 0 Å². The molecule has 1 saturated carbocycles. The molecule has 5 nitrogen and oxygen atoms in total. The number of rotatable bonds is 0. The number of hydroxylamine groups is 1. The molecule has 1 aromatic rings. The van der Waals surface area contributed by atoms with Crippen LogP contribution in [0.1, 0.15) is 44.9 Å². The number of halogens is 1. The second kappa shape index (κ2) is 6.62. The zero-order chi connectivity index (χ0) is 14.7. The summed E-state index contributed by atoms with van der Waals surface area (Å²) in [6.07, 6.45) is 9.93. The number of fused-ring (bicyclic) bond motifs is 2. The average Bonchev–Trinajstić information content (AvgIpc) is 2.54. The highest BCUT2D eigenvalue weighted by molar-refractivity contribution is 6.29. The number of hydrogen-bond donors (Lipinski definition) is 3. The van der Waals surface area contributed by atoms with Crippen molar-refractivity contribution in [2.45, 2.75) is 51.0 Å². The SMILES string of the molecule is ONC1=Nc2cnc(Cl)cc2NC2CCCCCCCC12. The summed E-state index contributed by atoms with van der Waals surface area (Å²) >= 11 is 6.00. The molecule has 0 radical (unpaired) electrons. The van der Waals surface area contributed by atoms with Crippen molar-refractivity contribution in [3.63, 3.8) is 0 Å². The molecule has 1 aromatic heterocycles. The highest BCUT2D eigenvalue weighted by Crippen LogP contribution is 2.35. The number of nitrogens with zero attached hydrogens (tertiary/aromatic N) is 2. The van der Waals surface area contributed by atoms with Gasteiger partial charge in [-0.3, -0.25) is 10.7 Å². The van der Waals surface area contributed by atoms with Gasteiger partial charge in [-0.25, -0.2) is 9.98 Å². The molecule has 3 N–H and O–H groups in total. The molecule has 2 unspecified atom stereocenters. The molecular weight excluding hydrogens is 288 g/mol. The topological polar surface area (TPSA) is 69.5 Å². The number of nitrogens with one attached hydrogen (secondary N) is 2. The molecule has 0 spiro atoms. The zero-order valence-electron chi connectivity index (χ0n) is 12.0. The highest BCUT2D eigenvalue weighted by Gasteiger charge is 2.30. The van der Waals surface area contributed by atoms with Crippen molar-refractivity contribution >= 4 is 28.8 Å². The summed E-state index contributed by atoms with van der Waals surface area (Å²) < 4.78 is 0. The van der Waals surface area contributed by atoms with Crippen LogP contribution in [0, 0.1) is 5.92 Å². The van der Waals surface area contributed by atoms with Crippen molar-refractivity contribution in [2.24, 2.45) is 10.9 Å². The summed E-state index contributed by atoms with van der Waals surface area (Å²) in [5.41, 5.74) is 3.94. The van der Waals surface area contributed by atoms with Crippen LogP contribution in [0.4, 0.5) is 11.4 Å². The predicted octanol–water partition coefficient (Wildman–Crippen LogP) is 3.90. The molecule has 2 aliphatic rings. The van der Waals surface area contributed by atoms with Crippen LogP contribution in [0.2, 0.25) is 5.15 Å². The van der Waals surface area contributed by atoms with E-state index in [1.165, 1.54) is 32.1 Å². The van der Waals surface area contributed by atoms with E-state index in [-0.39, 0.29) is 12.0 Å². The van der Waals surface area contributed by atoms with Crippen molar-refractivity contribution in [1.82, 2.24) is 10.5 Å². The summed E-state index contributed by atoms with van der Waals surface area (Å²) in [4.78, 5) is 8.64. The molecular formula is C15H21ClN4O. The first kappa shape index (κ1) is 14.6. The van der Waals surface area contributed by atoms with E-state index in [2.05, 4.69) is 20.8 Å². The molecule has 2 atom stereocenters. The molecule has 21 heavy (non-hydrogen) atoms. The van der Waals surface area contributed by atoms with Crippen LogP contribution in [0.15, 0.2) is 17.3 Å². The van der Waals surface area contributed by atoms with E-state index in [1.807, 2.05) is 6.07 Å². The minimum atomic E-state index is 0.194. The lowest BCUT2D eigenvalue weighted by atomic mass is 9.90. The van der Waals surface area contributed by atoms with Gasteiger partial charge in [-0.2, -0.15) is 0 Å². The summed E-state index contributed by atoms with van der Waals surface area (Å²) in [6, 6.07) is 2.07. The average molecular weight is 309 g/mol. The number of aliphatic imine (C=N–C) groups is 1. The lowest BCUT2D eigenvalue weighted by Gasteiger charge is -2.27. The van der Waals surface area contributed by atoms with Crippen molar-refractivity contribution < 1.29 is 5.21 Å². The second-order valence-electron chi connectivity index (χ2n) is 5.84. The van der Waals surface area contributed by atoms with E-state index >= 15 is 0 Å². The molecule has 0 bridgehead atoms. The quantitative estimate of drug-likeness (QED) is 0.502. The van der Waals surface area contributed by atoms with E-state index < -0.39 is 0 Å². The molecule has 0 amide bonds. The Morgan fingerprint density at radius 2 is 1.95 bits per heavy atom. The number of anilines is 1. The third kappa shape index (κ3) is 3.30. The third-order valence-corrected chi connectivity index (χ3v) is 4.62. The van der Waals surface area contributed by atoms with Gasteiger partial charge in [0, 0.05) is 18.0 Å². The maximum atomic E-state index is 9.51. The normalized spacial score (nSPS) is 25.9. The van der Waals surface area contributed by atoms with Crippen molar-refractivity contribution in [1.29, 1.82) is 0 Å². The Morgan fingerprint density at radius 1 is 1.19 bits per heavy atom. The minimum absolute atomic E-state index is 0.194. The first-order valence-electron chi connectivity index (χ1n) is 7.68. The van der Waals surface area contributed by atoms with Gasteiger partial charge >= 0.3 is 0 Å². The van der Waals surface area contributed by atoms with Crippen LogP contribution < -0.4 is 10.8 Å². The van der Waals surface area contributed by atoms with Crippen LogP contribution in [0.5, 0.6) is 0 Å². The largest absolute Gasteiger partial charge is 0.380 e. The summed E-state index contributed by atoms with van der Waals surface area (Å²) in [5.74, 6) is 0.830. The number of pyridine rings is 1. The lowest BCUT2D eigenvalue weighted by Crippen LogP contribution is -2.39. The van der Waals surface area contributed by atoms with Gasteiger partial charge in [0.05, 0.1) is 11.9 Å². The smallest absolute Gasteiger partial charge is 0.131 e. The van der Waals surface area contributed by atoms with Crippen molar-refractivity contribution in [3.05, 3.63) is 17.4 Å². The first-order chi connectivity index (χ1) is 10.3. The van der Waals surface area contributed by atoms with Gasteiger partial charge < -0.3 is 5.32 Å². The summed E-state index contributed by atoms with van der Waals surface area (Å²) in [7, 11) is 0. The fourth-order valence-corrected chi connectivity index (χ4v) is 3.47. The molecule has 114 valence electrons. The van der Waals surface area contributed by atoms with Gasteiger partial charge in [0.1, 0.15) is 16.7 Å². The minimum Gasteiger partial charge on any atom is -0.380 e. The lowest BCUT2D eigenvalue weighted by molar-refractivity contribution is 0.223. The molecule has 1 fully saturated rings. The molecule has 3 rings (SSSR count). The highest BCUT2D eigenvalue weighted by atomic mass is 35.5. The van der Waals surface area contributed by atoms with Gasteiger partial charge in [-0.15, -0.1) is 0 Å². The summed E-state index contributed by atoms with van der Waals surface area (Å²) in [5, 5.41) is 13.5. The van der Waals surface area contributed by atoms with Gasteiger partial charge in [0.25, 0.3) is 0 Å². The third-order valence-electron chi connectivity index (χ3n) is 4.41. The molecule has 0 saturated heterocycles. The Bertz CT molecular complexity index is 534. The Morgan fingerprint density at radius 3 is 2.76 bits per heavy atom. The van der Waals surface area contributed by atoms with Crippen LogP contribution in [0.25, 0.3) is 0 Å². The Hall–Kier alpha value is -1.33. The van der Waals surface area contributed by atoms with Gasteiger partial charge in [-0.1, -0.05) is 43.7 Å². The molecule has 1 aliphatic heterocycles. The summed E-state index contributed by atoms with van der Waals surface area (Å²) in [6.45, 7) is 0. The monoisotopic (exact) mass is 308 g/mol. The van der Waals surface area contributed by atoms with Crippen LogP contribution in [-0.4, -0.2) is 22.1 Å². The van der Waals surface area contributed by atoms with E-state index in [9.17, 15) is 5.21 Å². The number of hydrogen-bond acceptors (Lipinski definition) is 5. The Kier molecular flexibility index (Phi) is 4.60. The second-order valence-corrected chi connectivity index (χ2v) is 6.22. The van der Waals surface area contributed by atoms with E-state index in [1.54, 1.807) is 6.20 Å². The van der Waals surface area contributed by atoms with Gasteiger partial charge in [0.15, 0.2) is 0 Å². The van der Waals surface area contributed by atoms with Crippen LogP contribution >= 0.6 is 11.6 Å². The van der Waals surface area contributed by atoms with Crippen molar-refractivity contribution in [2.75, 3.05) is 5.32 Å². The van der Waals surface area contributed by atoms with Gasteiger partial charge in [-0.05, 0) is 12.8 Å². The Labute approximate surface area is 129 Å². The van der Waals surface area contributed by atoms with Crippen molar-refractivity contribution in [3.8, 4) is 0 Å². The molecule has 1 aliphatic carbocycles. The first-order valence-corrected chi connectivity index (χ1v) is 8.06. The maximum Gasteiger partial charge on any atom is 0.131 e. The van der Waals surface area contributed by atoms with E-state index in [4.69, 9.17) is 11.6 Å². The maximum absolute atomic E-state index is 9.51. The number of amidine groups is 1. The van der Waals surface area contributed by atoms with Gasteiger partial charge in [0.2, 0.25) is 0 Å². The molecule has 6 heteroatoms.